The Hall–Kier alpha value is -3.21. The number of imide groups is 1. The van der Waals surface area contributed by atoms with Crippen molar-refractivity contribution in [2.45, 2.75) is 26.2 Å². The first-order valence-corrected chi connectivity index (χ1v) is 11.5. The Kier molecular flexibility index (Phi) is 4.36. The fraction of sp³-hybridized carbons (Fsp3) is 0.370. The largest absolute Gasteiger partial charge is 0.423 e. The molecule has 5 heteroatoms. The number of nitrogens with zero attached hydrogens (tertiary/aromatic N) is 1. The molecular formula is C27H25NO4. The van der Waals surface area contributed by atoms with E-state index in [1.54, 1.807) is 36.4 Å². The summed E-state index contributed by atoms with van der Waals surface area (Å²) in [6, 6.07) is 14.1. The Morgan fingerprint density at radius 3 is 2.06 bits per heavy atom. The third-order valence-electron chi connectivity index (χ3n) is 7.70. The lowest BCUT2D eigenvalue weighted by Crippen LogP contribution is -2.40. The lowest BCUT2D eigenvalue weighted by molar-refractivity contribution is -0.124. The number of amides is 2. The average Bonchev–Trinajstić information content (AvgIpc) is 3.59. The van der Waals surface area contributed by atoms with Crippen molar-refractivity contribution in [3.8, 4) is 5.75 Å². The molecule has 5 nitrogen and oxygen atoms in total. The molecule has 0 N–H and O–H groups in total. The van der Waals surface area contributed by atoms with E-state index in [9.17, 15) is 14.4 Å². The van der Waals surface area contributed by atoms with Crippen molar-refractivity contribution in [1.82, 2.24) is 0 Å². The second-order valence-corrected chi connectivity index (χ2v) is 9.50. The number of anilines is 1. The standard InChI is InChI=1S/C27H25NO4/c1-2-3-15-4-10-18(11-5-15)32-27(31)16-6-8-17(9-7-16)28-25(29)23-19-12-13-20(22-14-21(19)22)24(23)26(28)30/h4-13,19-24H,2-3,14H2,1H3/t19-,20-,21-,22-,23+,24+/m1/s1. The van der Waals surface area contributed by atoms with Gasteiger partial charge in [-0.05, 0) is 78.5 Å². The number of benzene rings is 2. The number of esters is 1. The van der Waals surface area contributed by atoms with Gasteiger partial charge >= 0.3 is 5.97 Å². The van der Waals surface area contributed by atoms with E-state index in [0.29, 0.717) is 28.8 Å². The van der Waals surface area contributed by atoms with E-state index in [0.717, 1.165) is 19.3 Å². The summed E-state index contributed by atoms with van der Waals surface area (Å²) in [4.78, 5) is 40.3. The third-order valence-corrected chi connectivity index (χ3v) is 7.70. The van der Waals surface area contributed by atoms with Gasteiger partial charge in [0, 0.05) is 0 Å². The number of hydrogen-bond donors (Lipinski definition) is 0. The van der Waals surface area contributed by atoms with Gasteiger partial charge in [0.1, 0.15) is 5.75 Å². The van der Waals surface area contributed by atoms with Gasteiger partial charge in [0.25, 0.3) is 0 Å². The summed E-state index contributed by atoms with van der Waals surface area (Å²) in [7, 11) is 0. The number of allylic oxidation sites excluding steroid dienone is 2. The molecule has 2 aromatic rings. The number of ether oxygens (including phenoxy) is 1. The second kappa shape index (κ2) is 7.16. The van der Waals surface area contributed by atoms with Gasteiger partial charge in [0.15, 0.2) is 0 Å². The summed E-state index contributed by atoms with van der Waals surface area (Å²) in [5, 5.41) is 0. The Morgan fingerprint density at radius 1 is 0.906 bits per heavy atom. The highest BCUT2D eigenvalue weighted by atomic mass is 16.5. The van der Waals surface area contributed by atoms with Crippen LogP contribution in [0.15, 0.2) is 60.7 Å². The van der Waals surface area contributed by atoms with Crippen LogP contribution in [0.1, 0.15) is 35.7 Å². The number of hydrogen-bond acceptors (Lipinski definition) is 4. The SMILES string of the molecule is CCCc1ccc(OC(=O)c2ccc(N3C(=O)[C@H]4[C@@H]5C=C[C@H]([C@H]6C[C@H]56)[C@@H]4C3=O)cc2)cc1. The van der Waals surface area contributed by atoms with E-state index in [-0.39, 0.29) is 35.5 Å². The van der Waals surface area contributed by atoms with E-state index in [4.69, 9.17) is 4.74 Å². The third kappa shape index (κ3) is 2.87. The maximum absolute atomic E-state index is 13.2. The minimum absolute atomic E-state index is 0.0906. The van der Waals surface area contributed by atoms with Crippen LogP contribution in [0.4, 0.5) is 5.69 Å². The molecule has 2 aromatic carbocycles. The Balaban J connectivity index is 1.18. The predicted octanol–water partition coefficient (Wildman–Crippen LogP) is 4.42. The van der Waals surface area contributed by atoms with Gasteiger partial charge in [0.2, 0.25) is 11.8 Å². The van der Waals surface area contributed by atoms with Crippen molar-refractivity contribution in [1.29, 1.82) is 0 Å². The first kappa shape index (κ1) is 19.5. The van der Waals surface area contributed by atoms with Crippen LogP contribution in [0.2, 0.25) is 0 Å². The minimum Gasteiger partial charge on any atom is -0.423 e. The lowest BCUT2D eigenvalue weighted by atomic mass is 9.63. The molecule has 32 heavy (non-hydrogen) atoms. The van der Waals surface area contributed by atoms with Gasteiger partial charge in [-0.2, -0.15) is 0 Å². The van der Waals surface area contributed by atoms with E-state index in [2.05, 4.69) is 19.1 Å². The van der Waals surface area contributed by atoms with Crippen LogP contribution in [-0.4, -0.2) is 17.8 Å². The zero-order valence-electron chi connectivity index (χ0n) is 17.9. The summed E-state index contributed by atoms with van der Waals surface area (Å²) in [6.07, 6.45) is 7.54. The molecule has 2 saturated carbocycles. The van der Waals surface area contributed by atoms with Crippen LogP contribution in [-0.2, 0) is 16.0 Å². The van der Waals surface area contributed by atoms with E-state index in [1.165, 1.54) is 10.5 Å². The molecule has 5 aliphatic rings. The molecule has 1 aliphatic heterocycles. The first-order chi connectivity index (χ1) is 15.6. The quantitative estimate of drug-likeness (QED) is 0.307. The number of carbonyl (C=O) groups is 3. The number of carbonyl (C=O) groups excluding carboxylic acids is 3. The number of rotatable bonds is 5. The van der Waals surface area contributed by atoms with Crippen LogP contribution in [0.5, 0.6) is 5.75 Å². The highest BCUT2D eigenvalue weighted by molar-refractivity contribution is 6.22. The van der Waals surface area contributed by atoms with E-state index in [1.807, 2.05) is 12.1 Å². The molecule has 2 bridgehead atoms. The van der Waals surface area contributed by atoms with Gasteiger partial charge in [-0.25, -0.2) is 4.79 Å². The van der Waals surface area contributed by atoms with Crippen molar-refractivity contribution in [2.24, 2.45) is 35.5 Å². The Labute approximate surface area is 187 Å². The number of aryl methyl sites for hydroxylation is 1. The summed E-state index contributed by atoms with van der Waals surface area (Å²) >= 11 is 0. The minimum atomic E-state index is -0.463. The highest BCUT2D eigenvalue weighted by Crippen LogP contribution is 2.65. The monoisotopic (exact) mass is 427 g/mol. The molecule has 0 spiro atoms. The molecule has 0 radical (unpaired) electrons. The molecule has 3 fully saturated rings. The molecule has 162 valence electrons. The lowest BCUT2D eigenvalue weighted by Gasteiger charge is -2.37. The van der Waals surface area contributed by atoms with E-state index < -0.39 is 5.97 Å². The fourth-order valence-electron chi connectivity index (χ4n) is 6.14. The molecule has 1 heterocycles. The molecule has 6 atom stereocenters. The Morgan fingerprint density at radius 2 is 1.50 bits per heavy atom. The van der Waals surface area contributed by atoms with Crippen molar-refractivity contribution in [2.75, 3.05) is 4.90 Å². The normalized spacial score (nSPS) is 31.5. The van der Waals surface area contributed by atoms with Crippen LogP contribution in [0.25, 0.3) is 0 Å². The summed E-state index contributed by atoms with van der Waals surface area (Å²) in [5.41, 5.74) is 2.12. The van der Waals surface area contributed by atoms with Crippen molar-refractivity contribution in [3.05, 3.63) is 71.8 Å². The van der Waals surface area contributed by atoms with E-state index >= 15 is 0 Å². The van der Waals surface area contributed by atoms with Gasteiger partial charge in [0.05, 0.1) is 23.1 Å². The summed E-state index contributed by atoms with van der Waals surface area (Å²) < 4.78 is 5.48. The van der Waals surface area contributed by atoms with Crippen molar-refractivity contribution >= 4 is 23.5 Å². The maximum atomic E-state index is 13.2. The molecule has 4 aliphatic carbocycles. The van der Waals surface area contributed by atoms with Crippen molar-refractivity contribution in [3.63, 3.8) is 0 Å². The zero-order chi connectivity index (χ0) is 22.0. The van der Waals surface area contributed by atoms with Crippen LogP contribution < -0.4 is 9.64 Å². The molecule has 0 unspecified atom stereocenters. The van der Waals surface area contributed by atoms with Crippen LogP contribution >= 0.6 is 0 Å². The fourth-order valence-corrected chi connectivity index (χ4v) is 6.14. The summed E-state index contributed by atoms with van der Waals surface area (Å²) in [6.45, 7) is 2.12. The topological polar surface area (TPSA) is 63.7 Å². The van der Waals surface area contributed by atoms with Crippen LogP contribution in [0.3, 0.4) is 0 Å². The Bertz CT molecular complexity index is 1100. The average molecular weight is 428 g/mol. The molecule has 2 amide bonds. The van der Waals surface area contributed by atoms with Crippen molar-refractivity contribution < 1.29 is 19.1 Å². The second-order valence-electron chi connectivity index (χ2n) is 9.50. The first-order valence-electron chi connectivity index (χ1n) is 11.5. The zero-order valence-corrected chi connectivity index (χ0v) is 17.9. The summed E-state index contributed by atoms with van der Waals surface area (Å²) in [5.74, 6) is 0.975. The molecule has 7 rings (SSSR count). The van der Waals surface area contributed by atoms with Gasteiger partial charge in [-0.1, -0.05) is 37.6 Å². The van der Waals surface area contributed by atoms with Gasteiger partial charge in [-0.15, -0.1) is 0 Å². The maximum Gasteiger partial charge on any atom is 0.343 e. The van der Waals surface area contributed by atoms with Gasteiger partial charge in [-0.3, -0.25) is 14.5 Å². The molecule has 1 saturated heterocycles. The molecular weight excluding hydrogens is 402 g/mol. The smallest absolute Gasteiger partial charge is 0.343 e. The van der Waals surface area contributed by atoms with Gasteiger partial charge < -0.3 is 4.74 Å². The predicted molar refractivity (Wildman–Crippen MR) is 119 cm³/mol. The molecule has 0 aromatic heterocycles. The highest BCUT2D eigenvalue weighted by Gasteiger charge is 2.67. The van der Waals surface area contributed by atoms with Crippen LogP contribution in [0, 0.1) is 35.5 Å².